The number of hydrogen-bond acceptors (Lipinski definition) is 5. The van der Waals surface area contributed by atoms with Crippen LogP contribution in [0.1, 0.15) is 10.4 Å². The minimum absolute atomic E-state index is 0.165. The molecule has 1 aliphatic heterocycles. The Kier molecular flexibility index (Phi) is 4.66. The fourth-order valence-corrected chi connectivity index (χ4v) is 2.97. The maximum Gasteiger partial charge on any atom is 0.335 e. The lowest BCUT2D eigenvalue weighted by Gasteiger charge is -2.13. The van der Waals surface area contributed by atoms with Crippen molar-refractivity contribution < 1.29 is 19.5 Å². The summed E-state index contributed by atoms with van der Waals surface area (Å²) in [5.74, 6) is -1.30. The van der Waals surface area contributed by atoms with E-state index >= 15 is 0 Å². The summed E-state index contributed by atoms with van der Waals surface area (Å²) in [5, 5.41) is 11.3. The van der Waals surface area contributed by atoms with E-state index < -0.39 is 11.3 Å². The van der Waals surface area contributed by atoms with Gasteiger partial charge in [-0.25, -0.2) is 4.79 Å². The number of anilines is 1. The van der Waals surface area contributed by atoms with E-state index in [9.17, 15) is 14.4 Å². The molecule has 1 aliphatic rings. The average Bonchev–Trinajstić information content (AvgIpc) is 2.67. The summed E-state index contributed by atoms with van der Waals surface area (Å²) in [6.45, 7) is 0.334. The summed E-state index contributed by atoms with van der Waals surface area (Å²) >= 11 is 4.11. The number of benzene rings is 1. The van der Waals surface area contributed by atoms with Gasteiger partial charge in [-0.15, -0.1) is 0 Å². The van der Waals surface area contributed by atoms with Crippen molar-refractivity contribution in [2.24, 2.45) is 0 Å². The number of rotatable bonds is 5. The largest absolute Gasteiger partial charge is 0.478 e. The highest BCUT2D eigenvalue weighted by atomic mass is 79.9. The third-order valence-corrected chi connectivity index (χ3v) is 4.00. The molecule has 1 unspecified atom stereocenters. The maximum absolute atomic E-state index is 12.0. The van der Waals surface area contributed by atoms with Crippen LogP contribution in [0.4, 0.5) is 10.5 Å². The van der Waals surface area contributed by atoms with Crippen LogP contribution in [-0.2, 0) is 4.79 Å². The number of nitrogens with one attached hydrogen (secondary N) is 1. The molecule has 1 fully saturated rings. The average molecular weight is 359 g/mol. The van der Waals surface area contributed by atoms with E-state index in [0.717, 1.165) is 11.8 Å². The van der Waals surface area contributed by atoms with Crippen LogP contribution in [0.25, 0.3) is 0 Å². The zero-order chi connectivity index (χ0) is 14.7. The van der Waals surface area contributed by atoms with Crippen molar-refractivity contribution >= 4 is 50.5 Å². The van der Waals surface area contributed by atoms with Gasteiger partial charge in [-0.2, -0.15) is 0 Å². The fourth-order valence-electron chi connectivity index (χ4n) is 1.68. The Labute approximate surface area is 127 Å². The number of thioether (sulfide) groups is 1. The SMILES string of the molecule is O=C(O)c1ccc(NC2SC(=O)N(CCBr)C2=O)cc1. The predicted octanol–water partition coefficient (Wildman–Crippen LogP) is 2.21. The number of carbonyl (C=O) groups excluding carboxylic acids is 2. The lowest BCUT2D eigenvalue weighted by atomic mass is 10.2. The number of carboxylic acid groups (broad SMARTS) is 1. The highest BCUT2D eigenvalue weighted by Crippen LogP contribution is 2.28. The molecule has 1 aromatic carbocycles. The first-order chi connectivity index (χ1) is 9.52. The first kappa shape index (κ1) is 14.9. The van der Waals surface area contributed by atoms with Gasteiger partial charge < -0.3 is 10.4 Å². The van der Waals surface area contributed by atoms with Gasteiger partial charge in [-0.3, -0.25) is 14.5 Å². The van der Waals surface area contributed by atoms with Gasteiger partial charge >= 0.3 is 5.97 Å². The van der Waals surface area contributed by atoms with Crippen LogP contribution in [0.2, 0.25) is 0 Å². The van der Waals surface area contributed by atoms with E-state index in [1.165, 1.54) is 17.0 Å². The van der Waals surface area contributed by atoms with Crippen LogP contribution in [0.5, 0.6) is 0 Å². The molecule has 0 spiro atoms. The number of amides is 2. The van der Waals surface area contributed by atoms with Crippen molar-refractivity contribution in [1.29, 1.82) is 0 Å². The third kappa shape index (κ3) is 3.13. The summed E-state index contributed by atoms with van der Waals surface area (Å²) < 4.78 is 0. The normalized spacial score (nSPS) is 18.4. The first-order valence-corrected chi connectivity index (χ1v) is 7.71. The molecule has 0 bridgehead atoms. The molecule has 1 aromatic rings. The summed E-state index contributed by atoms with van der Waals surface area (Å²) in [5.41, 5.74) is 0.757. The standard InChI is InChI=1S/C12H11BrN2O4S/c13-5-6-15-10(16)9(20-12(15)19)14-8-3-1-7(2-4-8)11(17)18/h1-4,9,14H,5-6H2,(H,17,18). The van der Waals surface area contributed by atoms with E-state index in [-0.39, 0.29) is 16.7 Å². The Bertz CT molecular complexity index is 549. The minimum atomic E-state index is -1.01. The molecule has 0 saturated carbocycles. The Hall–Kier alpha value is -1.54. The predicted molar refractivity (Wildman–Crippen MR) is 79.3 cm³/mol. The number of hydrogen-bond donors (Lipinski definition) is 2. The van der Waals surface area contributed by atoms with Gasteiger partial charge in [0.25, 0.3) is 11.1 Å². The summed E-state index contributed by atoms with van der Waals surface area (Å²) in [7, 11) is 0. The van der Waals surface area contributed by atoms with E-state index in [4.69, 9.17) is 5.11 Å². The zero-order valence-electron chi connectivity index (χ0n) is 10.2. The summed E-state index contributed by atoms with van der Waals surface area (Å²) in [4.78, 5) is 35.6. The van der Waals surface area contributed by atoms with E-state index in [1.807, 2.05) is 0 Å². The molecule has 1 saturated heterocycles. The Morgan fingerprint density at radius 3 is 2.55 bits per heavy atom. The smallest absolute Gasteiger partial charge is 0.335 e. The molecular formula is C12H11BrN2O4S. The number of carbonyl (C=O) groups is 3. The molecule has 20 heavy (non-hydrogen) atoms. The maximum atomic E-state index is 12.0. The third-order valence-electron chi connectivity index (χ3n) is 2.67. The van der Waals surface area contributed by atoms with Gasteiger partial charge in [0, 0.05) is 17.6 Å². The molecule has 0 aromatic heterocycles. The van der Waals surface area contributed by atoms with Crippen LogP contribution in [-0.4, -0.2) is 44.4 Å². The molecular weight excluding hydrogens is 348 g/mol. The molecule has 0 aliphatic carbocycles. The van der Waals surface area contributed by atoms with Crippen LogP contribution in [0.15, 0.2) is 24.3 Å². The molecule has 1 atom stereocenters. The first-order valence-electron chi connectivity index (χ1n) is 5.71. The number of carboxylic acids is 1. The molecule has 2 N–H and O–H groups in total. The summed E-state index contributed by atoms with van der Waals surface area (Å²) in [6.07, 6.45) is 0. The van der Waals surface area contributed by atoms with E-state index in [1.54, 1.807) is 12.1 Å². The second-order valence-electron chi connectivity index (χ2n) is 3.97. The van der Waals surface area contributed by atoms with Crippen molar-refractivity contribution in [3.63, 3.8) is 0 Å². The van der Waals surface area contributed by atoms with Crippen molar-refractivity contribution in [2.45, 2.75) is 5.37 Å². The summed E-state index contributed by atoms with van der Waals surface area (Å²) in [6, 6.07) is 6.00. The van der Waals surface area contributed by atoms with Crippen molar-refractivity contribution in [1.82, 2.24) is 4.90 Å². The molecule has 0 radical (unpaired) electrons. The lowest BCUT2D eigenvalue weighted by molar-refractivity contribution is -0.125. The topological polar surface area (TPSA) is 86.7 Å². The minimum Gasteiger partial charge on any atom is -0.478 e. The Morgan fingerprint density at radius 2 is 2.00 bits per heavy atom. The Morgan fingerprint density at radius 1 is 1.35 bits per heavy atom. The molecule has 2 amide bonds. The highest BCUT2D eigenvalue weighted by molar-refractivity contribution is 9.09. The second-order valence-corrected chi connectivity index (χ2v) is 5.82. The van der Waals surface area contributed by atoms with Gasteiger partial charge in [-0.05, 0) is 36.0 Å². The number of nitrogens with zero attached hydrogens (tertiary/aromatic N) is 1. The van der Waals surface area contributed by atoms with Crippen molar-refractivity contribution in [3.05, 3.63) is 29.8 Å². The molecule has 8 heteroatoms. The van der Waals surface area contributed by atoms with Crippen LogP contribution >= 0.6 is 27.7 Å². The number of alkyl halides is 1. The van der Waals surface area contributed by atoms with Gasteiger partial charge in [0.15, 0.2) is 5.37 Å². The van der Waals surface area contributed by atoms with Gasteiger partial charge in [0.2, 0.25) is 0 Å². The molecule has 1 heterocycles. The van der Waals surface area contributed by atoms with Crippen LogP contribution in [0, 0.1) is 0 Å². The molecule has 2 rings (SSSR count). The zero-order valence-corrected chi connectivity index (χ0v) is 12.6. The molecule has 6 nitrogen and oxygen atoms in total. The number of aromatic carboxylic acids is 1. The number of halogens is 1. The van der Waals surface area contributed by atoms with Gasteiger partial charge in [-0.1, -0.05) is 15.9 Å². The fraction of sp³-hybridized carbons (Fsp3) is 0.250. The van der Waals surface area contributed by atoms with Crippen molar-refractivity contribution in [2.75, 3.05) is 17.2 Å². The number of imide groups is 1. The monoisotopic (exact) mass is 358 g/mol. The molecule has 106 valence electrons. The van der Waals surface area contributed by atoms with Crippen molar-refractivity contribution in [3.8, 4) is 0 Å². The van der Waals surface area contributed by atoms with Crippen LogP contribution in [0.3, 0.4) is 0 Å². The van der Waals surface area contributed by atoms with E-state index in [2.05, 4.69) is 21.2 Å². The highest BCUT2D eigenvalue weighted by Gasteiger charge is 2.39. The Balaban J connectivity index is 2.05. The van der Waals surface area contributed by atoms with Crippen LogP contribution < -0.4 is 5.32 Å². The lowest BCUT2D eigenvalue weighted by Crippen LogP contribution is -2.35. The second kappa shape index (κ2) is 6.27. The quantitative estimate of drug-likeness (QED) is 0.784. The van der Waals surface area contributed by atoms with Gasteiger partial charge in [0.1, 0.15) is 0 Å². The van der Waals surface area contributed by atoms with E-state index in [0.29, 0.717) is 17.6 Å². The van der Waals surface area contributed by atoms with Gasteiger partial charge in [0.05, 0.1) is 5.56 Å².